The van der Waals surface area contributed by atoms with E-state index < -0.39 is 33.6 Å². The van der Waals surface area contributed by atoms with Gasteiger partial charge in [0.1, 0.15) is 11.2 Å². The molecule has 0 aromatic carbocycles. The number of nitrogens with zero attached hydrogens (tertiary/aromatic N) is 1. The smallest absolute Gasteiger partial charge is 0.425 e. The van der Waals surface area contributed by atoms with Crippen molar-refractivity contribution in [3.8, 4) is 0 Å². The minimum atomic E-state index is -4.22. The fourth-order valence-corrected chi connectivity index (χ4v) is 3.46. The molecule has 0 radical (unpaired) electrons. The minimum absolute atomic E-state index is 0.0348. The Morgan fingerprint density at radius 2 is 1.48 bits per heavy atom. The number of carbonyl (C=O) groups is 2. The van der Waals surface area contributed by atoms with Crippen molar-refractivity contribution in [3.05, 3.63) is 0 Å². The van der Waals surface area contributed by atoms with Crippen LogP contribution in [-0.4, -0.2) is 48.7 Å². The van der Waals surface area contributed by atoms with Gasteiger partial charge in [-0.1, -0.05) is 0 Å². The van der Waals surface area contributed by atoms with E-state index in [1.54, 1.807) is 41.5 Å². The zero-order chi connectivity index (χ0) is 21.0. The molecule has 0 saturated heterocycles. The number of amides is 2. The lowest BCUT2D eigenvalue weighted by Gasteiger charge is -2.33. The Morgan fingerprint density at radius 3 is 1.89 bits per heavy atom. The summed E-state index contributed by atoms with van der Waals surface area (Å²) < 4.78 is 34.6. The van der Waals surface area contributed by atoms with Crippen molar-refractivity contribution < 1.29 is 27.5 Å². The summed E-state index contributed by atoms with van der Waals surface area (Å²) in [6.07, 6.45) is 1.18. The molecule has 0 bridgehead atoms. The van der Waals surface area contributed by atoms with Crippen LogP contribution in [0, 0.1) is 5.92 Å². The first kappa shape index (κ1) is 23.5. The van der Waals surface area contributed by atoms with Gasteiger partial charge in [0.05, 0.1) is 0 Å². The SMILES string of the molecule is CC(C)(C)OC(=O)N[C@H]1CC[C@@H](CN(C(=O)OC(C)(C)C)S(N)(=O)=O)CC1. The summed E-state index contributed by atoms with van der Waals surface area (Å²) in [5.41, 5.74) is -1.39. The van der Waals surface area contributed by atoms with Crippen molar-refractivity contribution in [2.75, 3.05) is 6.54 Å². The van der Waals surface area contributed by atoms with Gasteiger partial charge in [-0.2, -0.15) is 12.7 Å². The Bertz CT molecular complexity index is 628. The highest BCUT2D eigenvalue weighted by atomic mass is 32.2. The van der Waals surface area contributed by atoms with Gasteiger partial charge >= 0.3 is 22.4 Å². The van der Waals surface area contributed by atoms with Crippen molar-refractivity contribution in [3.63, 3.8) is 0 Å². The second kappa shape index (κ2) is 8.64. The molecular formula is C17H33N3O6S. The number of nitrogens with one attached hydrogen (secondary N) is 1. The van der Waals surface area contributed by atoms with Crippen LogP contribution < -0.4 is 10.5 Å². The number of rotatable bonds is 4. The maximum absolute atomic E-state index is 12.2. The van der Waals surface area contributed by atoms with Crippen LogP contribution in [0.25, 0.3) is 0 Å². The molecule has 0 unspecified atom stereocenters. The van der Waals surface area contributed by atoms with E-state index in [9.17, 15) is 18.0 Å². The van der Waals surface area contributed by atoms with E-state index in [1.807, 2.05) is 0 Å². The largest absolute Gasteiger partial charge is 0.444 e. The number of ether oxygens (including phenoxy) is 2. The fourth-order valence-electron chi connectivity index (χ4n) is 2.79. The molecule has 1 rings (SSSR count). The maximum atomic E-state index is 12.2. The third kappa shape index (κ3) is 9.28. The number of carbonyl (C=O) groups excluding carboxylic acids is 2. The van der Waals surface area contributed by atoms with E-state index in [-0.39, 0.29) is 18.5 Å². The number of hydrogen-bond acceptors (Lipinski definition) is 6. The Kier molecular flexibility index (Phi) is 7.52. The van der Waals surface area contributed by atoms with Crippen molar-refractivity contribution >= 4 is 22.4 Å². The first-order chi connectivity index (χ1) is 12.1. The molecule has 1 saturated carbocycles. The van der Waals surface area contributed by atoms with Gasteiger partial charge in [0, 0.05) is 12.6 Å². The van der Waals surface area contributed by atoms with Gasteiger partial charge in [-0.15, -0.1) is 0 Å². The topological polar surface area (TPSA) is 128 Å². The number of nitrogens with two attached hydrogens (primary N) is 1. The van der Waals surface area contributed by atoms with Crippen molar-refractivity contribution in [1.82, 2.24) is 9.62 Å². The van der Waals surface area contributed by atoms with E-state index in [1.165, 1.54) is 0 Å². The average molecular weight is 408 g/mol. The second-order valence-corrected chi connectivity index (χ2v) is 10.4. The molecule has 158 valence electrons. The average Bonchev–Trinajstić information content (AvgIpc) is 2.40. The second-order valence-electron chi connectivity index (χ2n) is 8.92. The van der Waals surface area contributed by atoms with E-state index in [0.29, 0.717) is 30.0 Å². The van der Waals surface area contributed by atoms with Crippen LogP contribution in [0.3, 0.4) is 0 Å². The summed E-state index contributed by atoms with van der Waals surface area (Å²) in [6.45, 7) is 10.3. The van der Waals surface area contributed by atoms with Crippen molar-refractivity contribution in [2.45, 2.75) is 84.5 Å². The molecule has 1 aliphatic rings. The van der Waals surface area contributed by atoms with E-state index in [0.717, 1.165) is 0 Å². The highest BCUT2D eigenvalue weighted by Gasteiger charge is 2.33. The predicted octanol–water partition coefficient (Wildman–Crippen LogP) is 2.51. The van der Waals surface area contributed by atoms with E-state index in [2.05, 4.69) is 5.32 Å². The summed E-state index contributed by atoms with van der Waals surface area (Å²) in [7, 11) is -4.22. The van der Waals surface area contributed by atoms with Gasteiger partial charge < -0.3 is 14.8 Å². The molecule has 1 aliphatic carbocycles. The summed E-state index contributed by atoms with van der Waals surface area (Å²) in [4.78, 5) is 24.0. The molecule has 10 heteroatoms. The van der Waals surface area contributed by atoms with Gasteiger partial charge in [-0.3, -0.25) is 0 Å². The van der Waals surface area contributed by atoms with Crippen LogP contribution in [0.2, 0.25) is 0 Å². The van der Waals surface area contributed by atoms with Gasteiger partial charge in [-0.25, -0.2) is 14.7 Å². The first-order valence-corrected chi connectivity index (χ1v) is 10.6. The molecule has 1 fully saturated rings. The number of hydrogen-bond donors (Lipinski definition) is 2. The molecule has 0 aromatic heterocycles. The Labute approximate surface area is 162 Å². The standard InChI is InChI=1S/C17H33N3O6S/c1-16(2,3)25-14(21)19-13-9-7-12(8-10-13)11-20(27(18,23)24)15(22)26-17(4,5)6/h12-13H,7-11H2,1-6H3,(H,19,21)(H2,18,23,24)/t12-,13+. The normalized spacial score (nSPS) is 21.3. The molecule has 9 nitrogen and oxygen atoms in total. The van der Waals surface area contributed by atoms with Crippen molar-refractivity contribution in [1.29, 1.82) is 0 Å². The molecule has 0 aliphatic heterocycles. The third-order valence-electron chi connectivity index (χ3n) is 3.90. The molecular weight excluding hydrogens is 374 g/mol. The lowest BCUT2D eigenvalue weighted by molar-refractivity contribution is 0.0362. The molecule has 0 spiro atoms. The molecule has 27 heavy (non-hydrogen) atoms. The number of alkyl carbamates (subject to hydrolysis) is 1. The molecule has 0 heterocycles. The van der Waals surface area contributed by atoms with Gasteiger partial charge in [0.25, 0.3) is 0 Å². The molecule has 3 N–H and O–H groups in total. The summed E-state index contributed by atoms with van der Waals surface area (Å²) in [5.74, 6) is -0.0486. The van der Waals surface area contributed by atoms with Crippen LogP contribution in [-0.2, 0) is 19.7 Å². The van der Waals surface area contributed by atoms with Crippen molar-refractivity contribution in [2.24, 2.45) is 11.1 Å². The highest BCUT2D eigenvalue weighted by Crippen LogP contribution is 2.26. The lowest BCUT2D eigenvalue weighted by atomic mass is 9.86. The minimum Gasteiger partial charge on any atom is -0.444 e. The lowest BCUT2D eigenvalue weighted by Crippen LogP contribution is -2.47. The van der Waals surface area contributed by atoms with Gasteiger partial charge in [-0.05, 0) is 73.1 Å². The third-order valence-corrected chi connectivity index (χ3v) is 4.81. The van der Waals surface area contributed by atoms with E-state index in [4.69, 9.17) is 14.6 Å². The fraction of sp³-hybridized carbons (Fsp3) is 0.882. The van der Waals surface area contributed by atoms with Crippen LogP contribution in [0.15, 0.2) is 0 Å². The summed E-state index contributed by atoms with van der Waals surface area (Å²) in [5, 5.41) is 8.02. The summed E-state index contributed by atoms with van der Waals surface area (Å²) >= 11 is 0. The predicted molar refractivity (Wildman–Crippen MR) is 101 cm³/mol. The molecule has 0 aromatic rings. The van der Waals surface area contributed by atoms with Gasteiger partial charge in [0.15, 0.2) is 0 Å². The monoisotopic (exact) mass is 407 g/mol. The zero-order valence-corrected chi connectivity index (χ0v) is 17.9. The Balaban J connectivity index is 2.60. The zero-order valence-electron chi connectivity index (χ0n) is 17.1. The van der Waals surface area contributed by atoms with Crippen LogP contribution in [0.1, 0.15) is 67.2 Å². The first-order valence-electron chi connectivity index (χ1n) is 9.10. The molecule has 0 atom stereocenters. The maximum Gasteiger partial charge on any atom is 0.425 e. The highest BCUT2D eigenvalue weighted by molar-refractivity contribution is 7.87. The van der Waals surface area contributed by atoms with Crippen LogP contribution in [0.4, 0.5) is 9.59 Å². The van der Waals surface area contributed by atoms with Gasteiger partial charge in [0.2, 0.25) is 0 Å². The Morgan fingerprint density at radius 1 is 1.00 bits per heavy atom. The van der Waals surface area contributed by atoms with E-state index >= 15 is 0 Å². The Hall–Kier alpha value is -1.55. The molecule has 2 amide bonds. The van der Waals surface area contributed by atoms with Crippen LogP contribution in [0.5, 0.6) is 0 Å². The van der Waals surface area contributed by atoms with Crippen LogP contribution >= 0.6 is 0 Å². The summed E-state index contributed by atoms with van der Waals surface area (Å²) in [6, 6.07) is -0.0411. The quantitative estimate of drug-likeness (QED) is 0.737.